The molecule has 1 aliphatic rings. The predicted octanol–water partition coefficient (Wildman–Crippen LogP) is 8.75. The second-order valence-corrected chi connectivity index (χ2v) is 14.5. The summed E-state index contributed by atoms with van der Waals surface area (Å²) in [7, 11) is 1.78. The van der Waals surface area contributed by atoms with E-state index in [-0.39, 0.29) is 23.3 Å². The summed E-state index contributed by atoms with van der Waals surface area (Å²) in [6.45, 7) is 6.93. The Morgan fingerprint density at radius 1 is 1.04 bits per heavy atom. The zero-order valence-corrected chi connectivity index (χ0v) is 27.8. The Labute approximate surface area is 273 Å². The van der Waals surface area contributed by atoms with E-state index in [1.165, 1.54) is 18.2 Å². The topological polar surface area (TPSA) is 76.0 Å². The lowest BCUT2D eigenvalue weighted by Crippen LogP contribution is -2.27. The van der Waals surface area contributed by atoms with Gasteiger partial charge in [0.05, 0.1) is 11.0 Å². The molecule has 3 heterocycles. The summed E-state index contributed by atoms with van der Waals surface area (Å²) in [4.78, 5) is 8.12. The van der Waals surface area contributed by atoms with Crippen molar-refractivity contribution in [2.45, 2.75) is 64.7 Å². The van der Waals surface area contributed by atoms with Gasteiger partial charge in [0.25, 0.3) is 0 Å². The molecular formula is C37H42F2N4O2S. The Hall–Kier alpha value is -3.69. The summed E-state index contributed by atoms with van der Waals surface area (Å²) >= 11 is 1.87. The molecule has 0 aliphatic carbocycles. The molecule has 0 radical (unpaired) electrons. The number of aliphatic hydroxyl groups is 1. The van der Waals surface area contributed by atoms with Crippen LogP contribution in [0.25, 0.3) is 22.3 Å². The number of aryl methyl sites for hydroxylation is 3. The third-order valence-corrected chi connectivity index (χ3v) is 10.7. The molecule has 2 aromatic heterocycles. The number of H-pyrrole nitrogens is 1. The van der Waals surface area contributed by atoms with Gasteiger partial charge in [0.15, 0.2) is 23.2 Å². The molecule has 1 atom stereocenters. The van der Waals surface area contributed by atoms with Crippen molar-refractivity contribution in [3.8, 4) is 22.9 Å². The smallest absolute Gasteiger partial charge is 0.168 e. The molecule has 6 nitrogen and oxygen atoms in total. The van der Waals surface area contributed by atoms with E-state index in [9.17, 15) is 5.11 Å². The number of fused-ring (bicyclic) bond motifs is 8. The highest BCUT2D eigenvalue weighted by Crippen LogP contribution is 2.41. The molecule has 1 unspecified atom stereocenters. The molecule has 0 spiro atoms. The van der Waals surface area contributed by atoms with Crippen molar-refractivity contribution in [3.05, 3.63) is 94.9 Å². The van der Waals surface area contributed by atoms with Crippen LogP contribution in [0, 0.1) is 17.0 Å². The van der Waals surface area contributed by atoms with E-state index in [0.717, 1.165) is 64.8 Å². The monoisotopic (exact) mass is 644 g/mol. The molecule has 242 valence electrons. The average molecular weight is 645 g/mol. The number of aliphatic hydroxyl groups excluding tert-OH is 1. The number of benzene rings is 3. The maximum absolute atomic E-state index is 15.6. The summed E-state index contributed by atoms with van der Waals surface area (Å²) in [6.07, 6.45) is 6.70. The van der Waals surface area contributed by atoms with Gasteiger partial charge in [-0.25, -0.2) is 18.4 Å². The van der Waals surface area contributed by atoms with Crippen molar-refractivity contribution < 1.29 is 18.6 Å². The molecule has 5 aromatic rings. The lowest BCUT2D eigenvalue weighted by Gasteiger charge is -2.30. The number of ether oxygens (including phenoxy) is 1. The minimum absolute atomic E-state index is 0.0773. The van der Waals surface area contributed by atoms with Gasteiger partial charge in [0, 0.05) is 42.4 Å². The number of hydrogen-bond donors (Lipinski definition) is 2. The van der Waals surface area contributed by atoms with Crippen molar-refractivity contribution in [1.82, 2.24) is 19.7 Å². The van der Waals surface area contributed by atoms with E-state index in [4.69, 9.17) is 14.8 Å². The zero-order chi connectivity index (χ0) is 32.5. The van der Waals surface area contributed by atoms with Crippen LogP contribution < -0.4 is 4.74 Å². The van der Waals surface area contributed by atoms with Crippen molar-refractivity contribution in [2.24, 2.45) is 12.5 Å². The lowest BCUT2D eigenvalue weighted by atomic mass is 9.75. The summed E-state index contributed by atoms with van der Waals surface area (Å²) in [6, 6.07) is 16.3. The fraction of sp³-hybridized carbons (Fsp3) is 0.405. The highest BCUT2D eigenvalue weighted by atomic mass is 32.2. The van der Waals surface area contributed by atoms with Gasteiger partial charge in [0.1, 0.15) is 11.6 Å². The third kappa shape index (κ3) is 6.58. The van der Waals surface area contributed by atoms with E-state index in [2.05, 4.69) is 50.0 Å². The SMILES string of the molecule is Cn1nc2nc1-c1cc(ccc1F)Oc1c(F)cc3[nH]ccc3c1CCSCC(C)(C)CCCC2(C)c1cccc(CCCO)c1. The van der Waals surface area contributed by atoms with Crippen LogP contribution >= 0.6 is 11.8 Å². The largest absolute Gasteiger partial charge is 0.454 e. The molecule has 4 bridgehead atoms. The summed E-state index contributed by atoms with van der Waals surface area (Å²) < 4.78 is 39.0. The second kappa shape index (κ2) is 13.2. The molecule has 3 aromatic carbocycles. The van der Waals surface area contributed by atoms with Crippen LogP contribution in [-0.2, 0) is 25.3 Å². The van der Waals surface area contributed by atoms with Crippen LogP contribution in [0.4, 0.5) is 8.78 Å². The molecular weight excluding hydrogens is 602 g/mol. The molecule has 46 heavy (non-hydrogen) atoms. The summed E-state index contributed by atoms with van der Waals surface area (Å²) in [5.41, 5.74) is 3.55. The number of rotatable bonds is 4. The third-order valence-electron chi connectivity index (χ3n) is 9.23. The molecule has 0 amide bonds. The molecule has 9 heteroatoms. The Balaban J connectivity index is 1.47. The molecule has 0 saturated heterocycles. The first-order chi connectivity index (χ1) is 22.1. The van der Waals surface area contributed by atoms with E-state index >= 15 is 8.78 Å². The Kier molecular flexibility index (Phi) is 9.26. The molecule has 1 aliphatic heterocycles. The zero-order valence-electron chi connectivity index (χ0n) is 27.0. The van der Waals surface area contributed by atoms with E-state index in [1.807, 2.05) is 24.0 Å². The van der Waals surface area contributed by atoms with Gasteiger partial charge in [-0.3, -0.25) is 0 Å². The Morgan fingerprint density at radius 2 is 1.89 bits per heavy atom. The van der Waals surface area contributed by atoms with Crippen molar-refractivity contribution in [1.29, 1.82) is 0 Å². The van der Waals surface area contributed by atoms with Crippen LogP contribution in [0.15, 0.2) is 60.8 Å². The van der Waals surface area contributed by atoms with Crippen LogP contribution in [-0.4, -0.2) is 43.0 Å². The normalized spacial score (nSPS) is 18.8. The van der Waals surface area contributed by atoms with Crippen molar-refractivity contribution in [3.63, 3.8) is 0 Å². The first-order valence-corrected chi connectivity index (χ1v) is 17.2. The number of thioether (sulfide) groups is 1. The quantitative estimate of drug-likeness (QED) is 0.205. The Morgan fingerprint density at radius 3 is 2.72 bits per heavy atom. The minimum Gasteiger partial charge on any atom is -0.454 e. The maximum atomic E-state index is 15.6. The minimum atomic E-state index is -0.533. The van der Waals surface area contributed by atoms with E-state index in [0.29, 0.717) is 30.2 Å². The molecule has 0 fully saturated rings. The van der Waals surface area contributed by atoms with Crippen molar-refractivity contribution in [2.75, 3.05) is 18.1 Å². The number of nitrogens with zero attached hydrogens (tertiary/aromatic N) is 3. The lowest BCUT2D eigenvalue weighted by molar-refractivity contribution is 0.288. The highest BCUT2D eigenvalue weighted by Gasteiger charge is 2.35. The standard InChI is InChI=1S/C37H42F2N4O2S/c1-36(2)15-7-16-37(3,25-10-5-8-24(20-25)9-6-18-44)35-41-34(43(4)42-35)29-21-26(11-12-30(29)38)45-33-28(14-19-46-23-36)27-13-17-40-32(27)22-31(33)39/h5,8,10-13,17,20-22,40,44H,6-7,9,14-16,18-19,23H2,1-4H3. The van der Waals surface area contributed by atoms with Gasteiger partial charge >= 0.3 is 0 Å². The van der Waals surface area contributed by atoms with Crippen LogP contribution in [0.2, 0.25) is 0 Å². The van der Waals surface area contributed by atoms with Gasteiger partial charge in [-0.15, -0.1) is 0 Å². The average Bonchev–Trinajstić information content (AvgIpc) is 3.66. The van der Waals surface area contributed by atoms with Gasteiger partial charge in [0.2, 0.25) is 0 Å². The van der Waals surface area contributed by atoms with Crippen molar-refractivity contribution >= 4 is 22.7 Å². The number of hydrogen-bond acceptors (Lipinski definition) is 5. The molecule has 0 saturated carbocycles. The first-order valence-electron chi connectivity index (χ1n) is 16.0. The number of aromatic amines is 1. The molecule has 6 rings (SSSR count). The second-order valence-electron chi connectivity index (χ2n) is 13.4. The van der Waals surface area contributed by atoms with Gasteiger partial charge in [-0.2, -0.15) is 16.9 Å². The van der Waals surface area contributed by atoms with Gasteiger partial charge in [-0.05, 0) is 91.3 Å². The number of aromatic nitrogens is 4. The van der Waals surface area contributed by atoms with Crippen LogP contribution in [0.5, 0.6) is 11.5 Å². The predicted molar refractivity (Wildman–Crippen MR) is 182 cm³/mol. The fourth-order valence-corrected chi connectivity index (χ4v) is 7.74. The number of halogens is 2. The van der Waals surface area contributed by atoms with Crippen LogP contribution in [0.1, 0.15) is 69.0 Å². The summed E-state index contributed by atoms with van der Waals surface area (Å²) in [5.74, 6) is 2.34. The Bertz CT molecular complexity index is 1850. The maximum Gasteiger partial charge on any atom is 0.168 e. The fourth-order valence-electron chi connectivity index (χ4n) is 6.55. The van der Waals surface area contributed by atoms with Gasteiger partial charge in [-0.1, -0.05) is 44.5 Å². The van der Waals surface area contributed by atoms with E-state index in [1.54, 1.807) is 17.8 Å². The first kappa shape index (κ1) is 32.3. The highest BCUT2D eigenvalue weighted by molar-refractivity contribution is 7.99. The summed E-state index contributed by atoms with van der Waals surface area (Å²) in [5, 5.41) is 15.2. The van der Waals surface area contributed by atoms with Gasteiger partial charge < -0.3 is 14.8 Å². The number of nitrogens with one attached hydrogen (secondary N) is 1. The van der Waals surface area contributed by atoms with E-state index < -0.39 is 17.0 Å². The van der Waals surface area contributed by atoms with Crippen LogP contribution in [0.3, 0.4) is 0 Å². The molecule has 2 N–H and O–H groups in total.